The lowest BCUT2D eigenvalue weighted by Gasteiger charge is -2.18. The van der Waals surface area contributed by atoms with Gasteiger partial charge in [0.05, 0.1) is 19.3 Å². The van der Waals surface area contributed by atoms with Crippen LogP contribution in [0.3, 0.4) is 0 Å². The highest BCUT2D eigenvalue weighted by Gasteiger charge is 2.16. The van der Waals surface area contributed by atoms with Gasteiger partial charge in [0, 0.05) is 10.6 Å². The minimum absolute atomic E-state index is 0.0665. The molecule has 1 N–H and O–H groups in total. The fraction of sp³-hybridized carbons (Fsp3) is 0.200. The number of rotatable bonds is 7. The minimum Gasteiger partial charge on any atom is -0.439 e. The molecule has 0 saturated carbocycles. The van der Waals surface area contributed by atoms with Crippen molar-refractivity contribution in [2.24, 2.45) is 0 Å². The number of para-hydroxylation sites is 1. The Morgan fingerprint density at radius 1 is 1.18 bits per heavy atom. The van der Waals surface area contributed by atoms with Gasteiger partial charge in [0.1, 0.15) is 17.3 Å². The van der Waals surface area contributed by atoms with Crippen molar-refractivity contribution in [1.29, 1.82) is 0 Å². The van der Waals surface area contributed by atoms with Gasteiger partial charge in [0.25, 0.3) is 0 Å². The monoisotopic (exact) mass is 405 g/mol. The summed E-state index contributed by atoms with van der Waals surface area (Å²) in [6.45, 7) is 2.59. The molecule has 0 unspecified atom stereocenters. The van der Waals surface area contributed by atoms with Crippen molar-refractivity contribution in [3.05, 3.63) is 71.2 Å². The zero-order valence-corrected chi connectivity index (χ0v) is 15.8. The summed E-state index contributed by atoms with van der Waals surface area (Å²) in [5.41, 5.74) is 0.378. The molecular formula is C20H18ClF2N3O2. The number of hydrogen-bond donors (Lipinski definition) is 1. The van der Waals surface area contributed by atoms with E-state index in [0.717, 1.165) is 17.7 Å². The third-order valence-corrected chi connectivity index (χ3v) is 4.33. The number of benzene rings is 2. The van der Waals surface area contributed by atoms with E-state index in [2.05, 4.69) is 10.3 Å². The second-order valence-corrected chi connectivity index (χ2v) is 6.51. The van der Waals surface area contributed by atoms with Gasteiger partial charge in [-0.05, 0) is 42.9 Å². The predicted molar refractivity (Wildman–Crippen MR) is 103 cm³/mol. The first-order valence-corrected chi connectivity index (χ1v) is 9.01. The predicted octanol–water partition coefficient (Wildman–Crippen LogP) is 4.73. The molecule has 146 valence electrons. The number of nitrogens with one attached hydrogen (secondary N) is 1. The molecule has 0 aliphatic rings. The van der Waals surface area contributed by atoms with E-state index in [9.17, 15) is 13.6 Å². The fourth-order valence-corrected chi connectivity index (χ4v) is 2.73. The number of hydrogen-bond acceptors (Lipinski definition) is 4. The second kappa shape index (κ2) is 8.95. The van der Waals surface area contributed by atoms with Crippen LogP contribution in [-0.4, -0.2) is 28.9 Å². The van der Waals surface area contributed by atoms with Crippen LogP contribution in [0.1, 0.15) is 12.8 Å². The Hall–Kier alpha value is -2.77. The maximum absolute atomic E-state index is 13.7. The van der Waals surface area contributed by atoms with Crippen LogP contribution in [0, 0.1) is 11.6 Å². The van der Waals surface area contributed by atoms with Crippen LogP contribution in [0.4, 0.5) is 14.5 Å². The van der Waals surface area contributed by atoms with Crippen molar-refractivity contribution in [2.45, 2.75) is 13.5 Å². The topological polar surface area (TPSA) is 58.4 Å². The molecule has 3 aromatic rings. The van der Waals surface area contributed by atoms with E-state index >= 15 is 0 Å². The Morgan fingerprint density at radius 2 is 1.86 bits per heavy atom. The number of amides is 1. The van der Waals surface area contributed by atoms with Crippen molar-refractivity contribution in [2.75, 3.05) is 18.4 Å². The van der Waals surface area contributed by atoms with Crippen molar-refractivity contribution in [3.8, 4) is 11.3 Å². The Morgan fingerprint density at radius 3 is 2.50 bits per heavy atom. The number of likely N-dealkylation sites (N-methyl/N-ethyl adjacent to an activating group) is 1. The summed E-state index contributed by atoms with van der Waals surface area (Å²) in [6.07, 6.45) is 1.60. The SMILES string of the molecule is CCN(CC(=O)Nc1c(F)cccc1F)Cc1ncc(-c2ccc(Cl)cc2)o1. The average Bonchev–Trinajstić information content (AvgIpc) is 3.13. The van der Waals surface area contributed by atoms with Gasteiger partial charge in [-0.2, -0.15) is 0 Å². The Balaban J connectivity index is 1.63. The Labute approximate surface area is 165 Å². The number of anilines is 1. The Kier molecular flexibility index (Phi) is 6.38. The lowest BCUT2D eigenvalue weighted by atomic mass is 10.2. The molecule has 1 amide bonds. The zero-order chi connectivity index (χ0) is 20.1. The molecule has 2 aromatic carbocycles. The molecule has 28 heavy (non-hydrogen) atoms. The van der Waals surface area contributed by atoms with Crippen LogP contribution in [0.15, 0.2) is 53.1 Å². The Bertz CT molecular complexity index is 940. The molecule has 0 spiro atoms. The van der Waals surface area contributed by atoms with E-state index in [1.165, 1.54) is 6.07 Å². The lowest BCUT2D eigenvalue weighted by molar-refractivity contribution is -0.117. The first-order valence-electron chi connectivity index (χ1n) is 8.63. The summed E-state index contributed by atoms with van der Waals surface area (Å²) in [5, 5.41) is 2.89. The second-order valence-electron chi connectivity index (χ2n) is 6.07. The normalized spacial score (nSPS) is 11.0. The van der Waals surface area contributed by atoms with Gasteiger partial charge in [-0.15, -0.1) is 0 Å². The van der Waals surface area contributed by atoms with Gasteiger partial charge in [0.15, 0.2) is 5.76 Å². The largest absolute Gasteiger partial charge is 0.439 e. The number of aromatic nitrogens is 1. The van der Waals surface area contributed by atoms with Crippen molar-refractivity contribution in [1.82, 2.24) is 9.88 Å². The van der Waals surface area contributed by atoms with Gasteiger partial charge >= 0.3 is 0 Å². The van der Waals surface area contributed by atoms with Crippen LogP contribution in [0.5, 0.6) is 0 Å². The molecule has 8 heteroatoms. The van der Waals surface area contributed by atoms with Gasteiger partial charge < -0.3 is 9.73 Å². The van der Waals surface area contributed by atoms with E-state index in [1.54, 1.807) is 23.2 Å². The van der Waals surface area contributed by atoms with Gasteiger partial charge in [-0.1, -0.05) is 24.6 Å². The van der Waals surface area contributed by atoms with Crippen molar-refractivity contribution >= 4 is 23.2 Å². The smallest absolute Gasteiger partial charge is 0.238 e. The van der Waals surface area contributed by atoms with Gasteiger partial charge in [0.2, 0.25) is 11.8 Å². The first kappa shape index (κ1) is 20.0. The number of oxazole rings is 1. The molecular weight excluding hydrogens is 388 g/mol. The molecule has 1 aromatic heterocycles. The summed E-state index contributed by atoms with van der Waals surface area (Å²) < 4.78 is 33.1. The van der Waals surface area contributed by atoms with E-state index in [1.807, 2.05) is 19.1 Å². The quantitative estimate of drug-likeness (QED) is 0.617. The van der Waals surface area contributed by atoms with E-state index in [-0.39, 0.29) is 13.1 Å². The van der Waals surface area contributed by atoms with Crippen LogP contribution in [0.2, 0.25) is 5.02 Å². The van der Waals surface area contributed by atoms with Gasteiger partial charge in [-0.25, -0.2) is 13.8 Å². The summed E-state index contributed by atoms with van der Waals surface area (Å²) >= 11 is 5.88. The molecule has 0 atom stereocenters. The standard InChI is InChI=1S/C20H18ClF2N3O2/c1-2-26(11-18(27)25-20-15(22)4-3-5-16(20)23)12-19-24-10-17(28-19)13-6-8-14(21)9-7-13/h3-10H,2,11-12H2,1H3,(H,25,27). The summed E-state index contributed by atoms with van der Waals surface area (Å²) in [7, 11) is 0. The molecule has 0 aliphatic heterocycles. The minimum atomic E-state index is -0.822. The summed E-state index contributed by atoms with van der Waals surface area (Å²) in [6, 6.07) is 10.6. The molecule has 0 radical (unpaired) electrons. The molecule has 0 aliphatic carbocycles. The molecule has 5 nitrogen and oxygen atoms in total. The highest BCUT2D eigenvalue weighted by molar-refractivity contribution is 6.30. The van der Waals surface area contributed by atoms with Gasteiger partial charge in [-0.3, -0.25) is 9.69 Å². The lowest BCUT2D eigenvalue weighted by Crippen LogP contribution is -2.33. The van der Waals surface area contributed by atoms with Crippen molar-refractivity contribution in [3.63, 3.8) is 0 Å². The molecule has 0 fully saturated rings. The number of carbonyl (C=O) groups excluding carboxylic acids is 1. The number of carbonyl (C=O) groups is 1. The maximum atomic E-state index is 13.7. The maximum Gasteiger partial charge on any atom is 0.238 e. The number of nitrogens with zero attached hydrogens (tertiary/aromatic N) is 2. The first-order chi connectivity index (χ1) is 13.5. The van der Waals surface area contributed by atoms with Crippen LogP contribution < -0.4 is 5.32 Å². The zero-order valence-electron chi connectivity index (χ0n) is 15.1. The van der Waals surface area contributed by atoms with E-state index < -0.39 is 23.2 Å². The highest BCUT2D eigenvalue weighted by Crippen LogP contribution is 2.23. The van der Waals surface area contributed by atoms with Crippen molar-refractivity contribution < 1.29 is 18.0 Å². The summed E-state index contributed by atoms with van der Waals surface area (Å²) in [5.74, 6) is -1.17. The van der Waals surface area contributed by atoms with Crippen LogP contribution in [0.25, 0.3) is 11.3 Å². The molecule has 3 rings (SSSR count). The van der Waals surface area contributed by atoms with Crippen LogP contribution in [-0.2, 0) is 11.3 Å². The third-order valence-electron chi connectivity index (χ3n) is 4.08. The molecule has 1 heterocycles. The van der Waals surface area contributed by atoms with E-state index in [4.69, 9.17) is 16.0 Å². The molecule has 0 bridgehead atoms. The highest BCUT2D eigenvalue weighted by atomic mass is 35.5. The average molecular weight is 406 g/mol. The van der Waals surface area contributed by atoms with E-state index in [0.29, 0.717) is 23.2 Å². The van der Waals surface area contributed by atoms with Crippen LogP contribution >= 0.6 is 11.6 Å². The number of halogens is 3. The third kappa shape index (κ3) is 4.94. The summed E-state index contributed by atoms with van der Waals surface area (Å²) in [4.78, 5) is 18.2. The molecule has 0 saturated heterocycles. The fourth-order valence-electron chi connectivity index (χ4n) is 2.60.